The van der Waals surface area contributed by atoms with Crippen molar-refractivity contribution in [1.82, 2.24) is 19.5 Å². The van der Waals surface area contributed by atoms with Gasteiger partial charge in [-0.05, 0) is 19.3 Å². The molecular weight excluding hydrogens is 268 g/mol. The second-order valence-electron chi connectivity index (χ2n) is 4.43. The Labute approximate surface area is 124 Å². The van der Waals surface area contributed by atoms with Crippen molar-refractivity contribution in [3.63, 3.8) is 0 Å². The van der Waals surface area contributed by atoms with E-state index < -0.39 is 0 Å². The van der Waals surface area contributed by atoms with Gasteiger partial charge in [0.2, 0.25) is 0 Å². The summed E-state index contributed by atoms with van der Waals surface area (Å²) in [5, 5.41) is 7.76. The van der Waals surface area contributed by atoms with Gasteiger partial charge >= 0.3 is 0 Å². The number of imidazole rings is 1. The summed E-state index contributed by atoms with van der Waals surface area (Å²) in [6, 6.07) is 0. The van der Waals surface area contributed by atoms with Crippen LogP contribution in [0.5, 0.6) is 0 Å². The van der Waals surface area contributed by atoms with Gasteiger partial charge in [0, 0.05) is 12.7 Å². The Bertz CT molecular complexity index is 530. The van der Waals surface area contributed by atoms with Gasteiger partial charge in [-0.1, -0.05) is 12.2 Å². The van der Waals surface area contributed by atoms with Crippen LogP contribution in [0.25, 0.3) is 11.5 Å². The number of aliphatic hydroxyl groups excluding tert-OH is 1. The summed E-state index contributed by atoms with van der Waals surface area (Å²) in [6.07, 6.45) is 10.2. The van der Waals surface area contributed by atoms with Crippen molar-refractivity contribution in [3.8, 4) is 11.5 Å². The van der Waals surface area contributed by atoms with Gasteiger partial charge in [0.25, 0.3) is 0 Å². The molecule has 2 aliphatic heterocycles. The zero-order valence-electron chi connectivity index (χ0n) is 12.2. The fraction of sp³-hybridized carbons (Fsp3) is 0.357. The highest BCUT2D eigenvalue weighted by atomic mass is 16.2. The molecule has 114 valence electrons. The topological polar surface area (TPSA) is 116 Å². The fourth-order valence-electron chi connectivity index (χ4n) is 1.66. The van der Waals surface area contributed by atoms with E-state index in [-0.39, 0.29) is 6.61 Å². The van der Waals surface area contributed by atoms with Gasteiger partial charge in [0.15, 0.2) is 11.6 Å². The Kier molecular flexibility index (Phi) is 6.90. The van der Waals surface area contributed by atoms with E-state index in [9.17, 15) is 0 Å². The van der Waals surface area contributed by atoms with Crippen LogP contribution in [-0.2, 0) is 7.05 Å². The Morgan fingerprint density at radius 2 is 2.10 bits per heavy atom. The molecule has 3 aliphatic rings. The Morgan fingerprint density at radius 1 is 1.38 bits per heavy atom. The van der Waals surface area contributed by atoms with Crippen LogP contribution in [0, 0.1) is 0 Å². The van der Waals surface area contributed by atoms with E-state index >= 15 is 0 Å². The van der Waals surface area contributed by atoms with Crippen molar-refractivity contribution in [1.29, 1.82) is 0 Å². The van der Waals surface area contributed by atoms with E-state index in [0.717, 1.165) is 17.9 Å². The highest BCUT2D eigenvalue weighted by Crippen LogP contribution is 2.19. The molecule has 3 rings (SSSR count). The molecular formula is C14H22N6O. The van der Waals surface area contributed by atoms with Gasteiger partial charge in [-0.2, -0.15) is 0 Å². The van der Waals surface area contributed by atoms with Crippen molar-refractivity contribution < 1.29 is 5.11 Å². The third kappa shape index (κ3) is 5.23. The number of aromatic nitrogens is 4. The highest BCUT2D eigenvalue weighted by molar-refractivity contribution is 5.64. The van der Waals surface area contributed by atoms with Crippen molar-refractivity contribution in [3.05, 3.63) is 37.1 Å². The number of nitrogens with two attached hydrogens (primary N) is 2. The van der Waals surface area contributed by atoms with Crippen LogP contribution in [0.1, 0.15) is 19.3 Å². The van der Waals surface area contributed by atoms with E-state index in [1.807, 2.05) is 7.05 Å². The molecule has 21 heavy (non-hydrogen) atoms. The van der Waals surface area contributed by atoms with Crippen molar-refractivity contribution in [2.45, 2.75) is 19.3 Å². The summed E-state index contributed by atoms with van der Waals surface area (Å²) in [5.74, 6) is 1.19. The van der Waals surface area contributed by atoms with Gasteiger partial charge in [0.1, 0.15) is 12.0 Å². The lowest BCUT2D eigenvalue weighted by Crippen LogP contribution is -2.03. The monoisotopic (exact) mass is 290 g/mol. The van der Waals surface area contributed by atoms with Crippen LogP contribution >= 0.6 is 0 Å². The maximum Gasteiger partial charge on any atom is 0.165 e. The molecule has 0 aromatic carbocycles. The molecule has 0 unspecified atom stereocenters. The first-order chi connectivity index (χ1) is 10.1. The number of nitrogen functional groups attached to an aromatic ring is 1. The molecule has 0 aromatic rings. The maximum atomic E-state index is 7.76. The molecule has 2 heterocycles. The molecule has 5 N–H and O–H groups in total. The number of anilines is 1. The summed E-state index contributed by atoms with van der Waals surface area (Å²) in [6.45, 7) is 3.31. The number of nitrogens with zero attached hydrogens (tertiary/aromatic N) is 4. The SMILES string of the molecule is C=CCO.Cn1cnc(N)c2ncnc1-2.NC1=CCCC1. The van der Waals surface area contributed by atoms with Gasteiger partial charge in [0.05, 0.1) is 12.9 Å². The minimum Gasteiger partial charge on any atom is -0.402 e. The largest absolute Gasteiger partial charge is 0.402 e. The molecule has 1 aliphatic carbocycles. The maximum absolute atomic E-state index is 7.76. The van der Waals surface area contributed by atoms with Crippen LogP contribution < -0.4 is 11.5 Å². The minimum atomic E-state index is 0.0833. The first kappa shape index (κ1) is 16.6. The van der Waals surface area contributed by atoms with Crippen LogP contribution in [0.2, 0.25) is 0 Å². The van der Waals surface area contributed by atoms with Crippen LogP contribution in [0.4, 0.5) is 5.82 Å². The zero-order chi connectivity index (χ0) is 15.7. The van der Waals surface area contributed by atoms with Crippen LogP contribution in [0.3, 0.4) is 0 Å². The van der Waals surface area contributed by atoms with E-state index in [2.05, 4.69) is 27.6 Å². The zero-order valence-corrected chi connectivity index (χ0v) is 12.2. The summed E-state index contributed by atoms with van der Waals surface area (Å²) in [5.41, 5.74) is 12.7. The Balaban J connectivity index is 0.000000187. The van der Waals surface area contributed by atoms with Crippen LogP contribution in [0.15, 0.2) is 37.1 Å². The first-order valence-corrected chi connectivity index (χ1v) is 6.63. The van der Waals surface area contributed by atoms with E-state index in [1.54, 1.807) is 10.9 Å². The van der Waals surface area contributed by atoms with Crippen molar-refractivity contribution >= 4 is 5.82 Å². The molecule has 0 radical (unpaired) electrons. The van der Waals surface area contributed by atoms with Crippen molar-refractivity contribution in [2.75, 3.05) is 12.3 Å². The van der Waals surface area contributed by atoms with E-state index in [0.29, 0.717) is 11.5 Å². The minimum absolute atomic E-state index is 0.0833. The molecule has 0 saturated carbocycles. The average molecular weight is 290 g/mol. The van der Waals surface area contributed by atoms with Gasteiger partial charge < -0.3 is 21.1 Å². The van der Waals surface area contributed by atoms with Gasteiger partial charge in [-0.15, -0.1) is 6.58 Å². The van der Waals surface area contributed by atoms with E-state index in [4.69, 9.17) is 16.6 Å². The second kappa shape index (κ2) is 8.70. The number of aliphatic hydroxyl groups is 1. The molecule has 7 heteroatoms. The number of hydrogen-bond acceptors (Lipinski definition) is 6. The number of allylic oxidation sites excluding steroid dienone is 2. The Morgan fingerprint density at radius 3 is 2.52 bits per heavy atom. The van der Waals surface area contributed by atoms with Gasteiger partial charge in [-0.3, -0.25) is 0 Å². The lowest BCUT2D eigenvalue weighted by Gasteiger charge is -2.04. The smallest absolute Gasteiger partial charge is 0.165 e. The summed E-state index contributed by atoms with van der Waals surface area (Å²) in [4.78, 5) is 11.9. The summed E-state index contributed by atoms with van der Waals surface area (Å²) in [7, 11) is 1.85. The lowest BCUT2D eigenvalue weighted by atomic mass is 10.3. The van der Waals surface area contributed by atoms with Crippen molar-refractivity contribution in [2.24, 2.45) is 12.8 Å². The fourth-order valence-corrected chi connectivity index (χ4v) is 1.66. The molecule has 7 nitrogen and oxygen atoms in total. The number of rotatable bonds is 1. The van der Waals surface area contributed by atoms with E-state index in [1.165, 1.54) is 25.2 Å². The molecule has 0 fully saturated rings. The molecule has 0 atom stereocenters. The lowest BCUT2D eigenvalue weighted by molar-refractivity contribution is 0.343. The summed E-state index contributed by atoms with van der Waals surface area (Å²) < 4.78 is 1.78. The highest BCUT2D eigenvalue weighted by Gasteiger charge is 2.11. The predicted molar refractivity (Wildman–Crippen MR) is 83.2 cm³/mol. The molecule has 0 saturated heterocycles. The summed E-state index contributed by atoms with van der Waals surface area (Å²) >= 11 is 0. The Hall–Kier alpha value is -2.41. The molecule has 0 aromatic heterocycles. The normalized spacial score (nSPS) is 12.8. The third-order valence-electron chi connectivity index (χ3n) is 2.73. The predicted octanol–water partition coefficient (Wildman–Crippen LogP) is 1.07. The number of fused-ring (bicyclic) bond motifs is 1. The third-order valence-corrected chi connectivity index (χ3v) is 2.73. The second-order valence-corrected chi connectivity index (χ2v) is 4.43. The molecule has 0 spiro atoms. The quantitative estimate of drug-likeness (QED) is 0.677. The standard InChI is InChI=1S/C6H7N5.C5H9N.C3H6O/c1-11-3-10-5(7)4-6(11)9-2-8-4;6-5-3-1-2-4-5;1-2-3-4/h2-3H,7H2,1H3;3H,1-2,4,6H2;2,4H,1,3H2. The number of aryl methyl sites for hydroxylation is 1. The molecule has 0 amide bonds. The molecule has 0 bridgehead atoms. The average Bonchev–Trinajstić information content (AvgIpc) is 3.15. The van der Waals surface area contributed by atoms with Gasteiger partial charge in [-0.25, -0.2) is 15.0 Å². The first-order valence-electron chi connectivity index (χ1n) is 6.63. The number of hydrogen-bond donors (Lipinski definition) is 3. The van der Waals surface area contributed by atoms with Crippen LogP contribution in [-0.4, -0.2) is 31.2 Å².